The van der Waals surface area contributed by atoms with E-state index in [1.807, 2.05) is 0 Å². The van der Waals surface area contributed by atoms with Crippen LogP contribution in [0.5, 0.6) is 0 Å². The van der Waals surface area contributed by atoms with Gasteiger partial charge in [0.05, 0.1) is 0 Å². The molecule has 0 aromatic carbocycles. The average Bonchev–Trinajstić information content (AvgIpc) is 1.64. The molecule has 0 heterocycles. The van der Waals surface area contributed by atoms with Crippen LogP contribution in [-0.4, -0.2) is 17.1 Å². The molecule has 0 spiro atoms. The summed E-state index contributed by atoms with van der Waals surface area (Å²) >= 11 is 0. The monoisotopic (exact) mass is 314 g/mol. The van der Waals surface area contributed by atoms with Crippen molar-refractivity contribution in [3.05, 3.63) is 0 Å². The van der Waals surface area contributed by atoms with Gasteiger partial charge in [-0.2, -0.15) is 0 Å². The van der Waals surface area contributed by atoms with Gasteiger partial charge in [0.2, 0.25) is 0 Å². The summed E-state index contributed by atoms with van der Waals surface area (Å²) in [6.45, 7) is 3.55. The van der Waals surface area contributed by atoms with Crippen molar-refractivity contribution in [3.8, 4) is 0 Å². The summed E-state index contributed by atoms with van der Waals surface area (Å²) in [7, 11) is 0. The molecule has 0 aliphatic carbocycles. The van der Waals surface area contributed by atoms with Crippen molar-refractivity contribution in [1.29, 1.82) is 0 Å². The van der Waals surface area contributed by atoms with Gasteiger partial charge in [-0.05, 0) is 5.92 Å². The minimum atomic E-state index is -0.931. The number of carbonyl (C=O) groups is 1. The number of hydrogen-bond acceptors (Lipinski definition) is 2. The molecule has 3 N–H and O–H groups in total. The van der Waals surface area contributed by atoms with E-state index in [4.69, 9.17) is 10.8 Å². The molecule has 1 unspecified atom stereocenters. The topological polar surface area (TPSA) is 63.3 Å². The molecule has 0 amide bonds. The van der Waals surface area contributed by atoms with Crippen molar-refractivity contribution >= 4 is 5.97 Å². The molecular formula is C5H11AuNO2+. The van der Waals surface area contributed by atoms with Crippen LogP contribution >= 0.6 is 0 Å². The third kappa shape index (κ3) is 4.66. The zero-order valence-electron chi connectivity index (χ0n) is 5.39. The van der Waals surface area contributed by atoms with Gasteiger partial charge in [0.25, 0.3) is 0 Å². The number of carboxylic acids is 1. The summed E-state index contributed by atoms with van der Waals surface area (Å²) in [5, 5.41) is 8.23. The summed E-state index contributed by atoms with van der Waals surface area (Å²) in [4.78, 5) is 10.0. The van der Waals surface area contributed by atoms with Crippen LogP contribution in [0.25, 0.3) is 0 Å². The maximum atomic E-state index is 10.0. The maximum Gasteiger partial charge on any atom is 1.00 e. The molecule has 9 heavy (non-hydrogen) atoms. The van der Waals surface area contributed by atoms with Gasteiger partial charge in [0.15, 0.2) is 0 Å². The minimum Gasteiger partial charge on any atom is -0.480 e. The third-order valence-electron chi connectivity index (χ3n) is 1.00. The Hall–Kier alpha value is 0.170. The van der Waals surface area contributed by atoms with Crippen molar-refractivity contribution in [2.24, 2.45) is 11.7 Å². The van der Waals surface area contributed by atoms with Gasteiger partial charge in [-0.25, -0.2) is 0 Å². The second-order valence-electron chi connectivity index (χ2n) is 2.11. The normalized spacial score (nSPS) is 12.4. The fraction of sp³-hybridized carbons (Fsp3) is 0.800. The zero-order chi connectivity index (χ0) is 6.73. The number of hydrogen-bond donors (Lipinski definition) is 2. The fourth-order valence-corrected chi connectivity index (χ4v) is 0.285. The fourth-order valence-electron chi connectivity index (χ4n) is 0.285. The molecule has 58 valence electrons. The Morgan fingerprint density at radius 3 is 1.89 bits per heavy atom. The summed E-state index contributed by atoms with van der Waals surface area (Å²) in [6, 6.07) is -0.713. The second-order valence-corrected chi connectivity index (χ2v) is 2.11. The smallest absolute Gasteiger partial charge is 0.480 e. The molecule has 0 aliphatic heterocycles. The van der Waals surface area contributed by atoms with E-state index in [1.54, 1.807) is 13.8 Å². The van der Waals surface area contributed by atoms with Crippen LogP contribution in [0.1, 0.15) is 13.8 Å². The van der Waals surface area contributed by atoms with E-state index in [1.165, 1.54) is 0 Å². The number of aliphatic carboxylic acids is 1. The van der Waals surface area contributed by atoms with Crippen molar-refractivity contribution < 1.29 is 32.3 Å². The molecule has 0 bridgehead atoms. The van der Waals surface area contributed by atoms with Crippen LogP contribution in [0.4, 0.5) is 0 Å². The Kier molecular flexibility index (Phi) is 6.61. The van der Waals surface area contributed by atoms with Gasteiger partial charge in [-0.1, -0.05) is 13.8 Å². The molecule has 0 aliphatic rings. The molecular weight excluding hydrogens is 303 g/mol. The van der Waals surface area contributed by atoms with Gasteiger partial charge in [-0.3, -0.25) is 4.79 Å². The Balaban J connectivity index is 0. The van der Waals surface area contributed by atoms with E-state index in [0.717, 1.165) is 0 Å². The third-order valence-corrected chi connectivity index (χ3v) is 1.00. The molecule has 0 radical (unpaired) electrons. The first-order chi connectivity index (χ1) is 3.55. The van der Waals surface area contributed by atoms with Crippen molar-refractivity contribution in [1.82, 2.24) is 0 Å². The number of carboxylic acid groups (broad SMARTS) is 1. The van der Waals surface area contributed by atoms with E-state index in [-0.39, 0.29) is 28.3 Å². The minimum absolute atomic E-state index is 0. The predicted molar refractivity (Wildman–Crippen MR) is 30.4 cm³/mol. The predicted octanol–water partition coefficient (Wildman–Crippen LogP) is 0.0518. The molecule has 0 rings (SSSR count). The van der Waals surface area contributed by atoms with Crippen LogP contribution in [0, 0.1) is 5.92 Å². The quantitative estimate of drug-likeness (QED) is 0.708. The Bertz CT molecular complexity index is 95.0. The molecule has 4 heteroatoms. The Labute approximate surface area is 70.1 Å². The Morgan fingerprint density at radius 2 is 1.89 bits per heavy atom. The summed E-state index contributed by atoms with van der Waals surface area (Å²) in [5.41, 5.74) is 5.16. The van der Waals surface area contributed by atoms with Gasteiger partial charge in [0, 0.05) is 0 Å². The van der Waals surface area contributed by atoms with Crippen molar-refractivity contribution in [3.63, 3.8) is 0 Å². The van der Waals surface area contributed by atoms with Gasteiger partial charge >= 0.3 is 28.3 Å². The van der Waals surface area contributed by atoms with Crippen molar-refractivity contribution in [2.75, 3.05) is 0 Å². The first kappa shape index (κ1) is 11.9. The zero-order valence-corrected chi connectivity index (χ0v) is 7.56. The SMILES string of the molecule is CC(C)C(N)C(=O)O.[Au+]. The standard InChI is InChI=1S/C5H11NO2.Au/c1-3(2)4(6)5(7)8;/h3-4H,6H2,1-2H3,(H,7,8);/q;+1. The average molecular weight is 314 g/mol. The molecule has 0 fully saturated rings. The molecule has 1 atom stereocenters. The molecule has 0 aromatic heterocycles. The van der Waals surface area contributed by atoms with E-state index in [9.17, 15) is 4.79 Å². The van der Waals surface area contributed by atoms with Crippen LogP contribution in [-0.2, 0) is 27.2 Å². The van der Waals surface area contributed by atoms with Crippen LogP contribution in [0.2, 0.25) is 0 Å². The van der Waals surface area contributed by atoms with Crippen LogP contribution in [0.15, 0.2) is 0 Å². The molecule has 0 saturated carbocycles. The van der Waals surface area contributed by atoms with Gasteiger partial charge in [0.1, 0.15) is 6.04 Å². The van der Waals surface area contributed by atoms with E-state index in [2.05, 4.69) is 0 Å². The number of nitrogens with two attached hydrogens (primary N) is 1. The van der Waals surface area contributed by atoms with Crippen LogP contribution < -0.4 is 5.73 Å². The van der Waals surface area contributed by atoms with Crippen LogP contribution in [0.3, 0.4) is 0 Å². The Morgan fingerprint density at radius 1 is 1.56 bits per heavy atom. The van der Waals surface area contributed by atoms with Crippen molar-refractivity contribution in [2.45, 2.75) is 19.9 Å². The van der Waals surface area contributed by atoms with E-state index < -0.39 is 12.0 Å². The first-order valence-corrected chi connectivity index (χ1v) is 2.54. The number of rotatable bonds is 2. The summed E-state index contributed by atoms with van der Waals surface area (Å²) in [6.07, 6.45) is 0. The van der Waals surface area contributed by atoms with E-state index in [0.29, 0.717) is 0 Å². The van der Waals surface area contributed by atoms with Gasteiger partial charge in [-0.15, -0.1) is 0 Å². The largest absolute Gasteiger partial charge is 1.00 e. The summed E-state index contributed by atoms with van der Waals surface area (Å²) < 4.78 is 0. The summed E-state index contributed by atoms with van der Waals surface area (Å²) in [5.74, 6) is -0.910. The van der Waals surface area contributed by atoms with Gasteiger partial charge < -0.3 is 10.8 Å². The molecule has 0 aromatic rings. The van der Waals surface area contributed by atoms with E-state index >= 15 is 0 Å². The maximum absolute atomic E-state index is 10.0. The first-order valence-electron chi connectivity index (χ1n) is 2.54. The molecule has 0 saturated heterocycles. The molecule has 3 nitrogen and oxygen atoms in total. The second kappa shape index (κ2) is 5.00.